The molecule has 0 saturated heterocycles. The number of benzene rings is 2. The van der Waals surface area contributed by atoms with Gasteiger partial charge in [0.1, 0.15) is 0 Å². The second-order valence-electron chi connectivity index (χ2n) is 5.20. The minimum atomic E-state index is 0.407. The maximum absolute atomic E-state index is 3.62. The fraction of sp³-hybridized carbons (Fsp3) is 0.444. The van der Waals surface area contributed by atoms with Crippen LogP contribution in [0.5, 0.6) is 0 Å². The summed E-state index contributed by atoms with van der Waals surface area (Å²) >= 11 is 0. The average Bonchev–Trinajstić information content (AvgIpc) is 2.51. The predicted octanol–water partition coefficient (Wildman–Crippen LogP) is 3.83. The van der Waals surface area contributed by atoms with Gasteiger partial charge in [-0.1, -0.05) is 57.2 Å². The Hall–Kier alpha value is -1.38. The number of nitrogens with one attached hydrogen (secondary N) is 1. The van der Waals surface area contributed by atoms with Crippen molar-refractivity contribution in [2.45, 2.75) is 26.8 Å². The summed E-state index contributed by atoms with van der Waals surface area (Å²) in [7, 11) is 0. The highest BCUT2D eigenvalue weighted by molar-refractivity contribution is 5.83. The minimum absolute atomic E-state index is 0.407. The number of fused-ring (bicyclic) bond motifs is 1. The van der Waals surface area contributed by atoms with E-state index < -0.39 is 0 Å². The van der Waals surface area contributed by atoms with Crippen molar-refractivity contribution in [2.24, 2.45) is 0 Å². The molecule has 0 spiro atoms. The van der Waals surface area contributed by atoms with Crippen LogP contribution < -0.4 is 5.32 Å². The van der Waals surface area contributed by atoms with Gasteiger partial charge in [-0.2, -0.15) is 0 Å². The molecule has 2 nitrogen and oxygen atoms in total. The highest BCUT2D eigenvalue weighted by Crippen LogP contribution is 2.21. The van der Waals surface area contributed by atoms with Crippen LogP contribution >= 0.6 is 0 Å². The smallest absolute Gasteiger partial charge is 0.0449 e. The molecular formula is C18H26N2. The first-order valence-corrected chi connectivity index (χ1v) is 7.72. The monoisotopic (exact) mass is 270 g/mol. The van der Waals surface area contributed by atoms with E-state index in [0.29, 0.717) is 6.04 Å². The largest absolute Gasteiger partial charge is 0.309 e. The lowest BCUT2D eigenvalue weighted by molar-refractivity contribution is 0.267. The molecule has 2 aromatic carbocycles. The summed E-state index contributed by atoms with van der Waals surface area (Å²) in [5.41, 5.74) is 1.39. The molecule has 0 amide bonds. The molecule has 0 saturated carbocycles. The summed E-state index contributed by atoms with van der Waals surface area (Å²) in [6.45, 7) is 10.9. The minimum Gasteiger partial charge on any atom is -0.309 e. The molecule has 1 atom stereocenters. The van der Waals surface area contributed by atoms with Crippen molar-refractivity contribution < 1.29 is 0 Å². The Labute approximate surface area is 122 Å². The highest BCUT2D eigenvalue weighted by Gasteiger charge is 2.13. The van der Waals surface area contributed by atoms with Crippen molar-refractivity contribution in [1.82, 2.24) is 10.2 Å². The average molecular weight is 270 g/mol. The Morgan fingerprint density at radius 2 is 1.65 bits per heavy atom. The lowest BCUT2D eigenvalue weighted by Crippen LogP contribution is -2.35. The van der Waals surface area contributed by atoms with Crippen LogP contribution in [0, 0.1) is 0 Å². The molecule has 2 aromatic rings. The molecule has 0 radical (unpaired) electrons. The van der Waals surface area contributed by atoms with Crippen molar-refractivity contribution in [3.05, 3.63) is 48.0 Å². The van der Waals surface area contributed by atoms with E-state index in [2.05, 4.69) is 73.5 Å². The fourth-order valence-corrected chi connectivity index (χ4v) is 2.70. The predicted molar refractivity (Wildman–Crippen MR) is 88.2 cm³/mol. The van der Waals surface area contributed by atoms with Crippen molar-refractivity contribution in [2.75, 3.05) is 26.2 Å². The number of hydrogen-bond acceptors (Lipinski definition) is 2. The third-order valence-corrected chi connectivity index (χ3v) is 3.96. The van der Waals surface area contributed by atoms with Gasteiger partial charge in [0.2, 0.25) is 0 Å². The molecule has 1 unspecified atom stereocenters. The summed E-state index contributed by atoms with van der Waals surface area (Å²) in [5.74, 6) is 0. The molecule has 0 fully saturated rings. The quantitative estimate of drug-likeness (QED) is 0.822. The molecule has 1 N–H and O–H groups in total. The molecule has 0 aliphatic carbocycles. The molecule has 0 bridgehead atoms. The van der Waals surface area contributed by atoms with Crippen LogP contribution in [-0.2, 0) is 0 Å². The number of rotatable bonds is 7. The Morgan fingerprint density at radius 3 is 2.30 bits per heavy atom. The van der Waals surface area contributed by atoms with Gasteiger partial charge in [-0.15, -0.1) is 0 Å². The number of likely N-dealkylation sites (N-methyl/N-ethyl adjacent to an activating group) is 2. The SMILES string of the molecule is CCNC(CN(CC)CC)c1ccc2ccccc2c1. The Kier molecular flexibility index (Phi) is 5.57. The number of nitrogens with zero attached hydrogens (tertiary/aromatic N) is 1. The van der Waals surface area contributed by atoms with Gasteiger partial charge in [0.25, 0.3) is 0 Å². The van der Waals surface area contributed by atoms with E-state index in [1.807, 2.05) is 0 Å². The molecular weight excluding hydrogens is 244 g/mol. The van der Waals surface area contributed by atoms with Gasteiger partial charge in [0.05, 0.1) is 0 Å². The first-order valence-electron chi connectivity index (χ1n) is 7.72. The Balaban J connectivity index is 2.25. The van der Waals surface area contributed by atoms with Crippen molar-refractivity contribution in [3.63, 3.8) is 0 Å². The molecule has 2 rings (SSSR count). The van der Waals surface area contributed by atoms with Crippen molar-refractivity contribution in [1.29, 1.82) is 0 Å². The second-order valence-corrected chi connectivity index (χ2v) is 5.20. The topological polar surface area (TPSA) is 15.3 Å². The fourth-order valence-electron chi connectivity index (χ4n) is 2.70. The van der Waals surface area contributed by atoms with Crippen LogP contribution in [0.3, 0.4) is 0 Å². The van der Waals surface area contributed by atoms with E-state index in [1.54, 1.807) is 0 Å². The van der Waals surface area contributed by atoms with Gasteiger partial charge >= 0.3 is 0 Å². The second kappa shape index (κ2) is 7.41. The van der Waals surface area contributed by atoms with E-state index in [0.717, 1.165) is 26.2 Å². The zero-order valence-electron chi connectivity index (χ0n) is 12.9. The molecule has 2 heteroatoms. The normalized spacial score (nSPS) is 13.0. The Bertz CT molecular complexity index is 532. The zero-order chi connectivity index (χ0) is 14.4. The first kappa shape index (κ1) is 15.0. The van der Waals surface area contributed by atoms with Crippen LogP contribution in [0.15, 0.2) is 42.5 Å². The van der Waals surface area contributed by atoms with Crippen LogP contribution in [-0.4, -0.2) is 31.1 Å². The Morgan fingerprint density at radius 1 is 0.950 bits per heavy atom. The molecule has 0 aliphatic heterocycles. The van der Waals surface area contributed by atoms with Gasteiger partial charge in [-0.3, -0.25) is 0 Å². The van der Waals surface area contributed by atoms with Gasteiger partial charge in [-0.25, -0.2) is 0 Å². The van der Waals surface area contributed by atoms with Crippen LogP contribution in [0.1, 0.15) is 32.4 Å². The summed E-state index contributed by atoms with van der Waals surface area (Å²) in [4.78, 5) is 2.47. The van der Waals surface area contributed by atoms with Crippen LogP contribution in [0.4, 0.5) is 0 Å². The standard InChI is InChI=1S/C18H26N2/c1-4-19-18(14-20(5-2)6-3)17-12-11-15-9-7-8-10-16(15)13-17/h7-13,18-19H,4-6,14H2,1-3H3. The van der Waals surface area contributed by atoms with Crippen LogP contribution in [0.2, 0.25) is 0 Å². The van der Waals surface area contributed by atoms with Gasteiger partial charge in [0.15, 0.2) is 0 Å². The third kappa shape index (κ3) is 3.59. The van der Waals surface area contributed by atoms with Gasteiger partial charge in [0, 0.05) is 12.6 Å². The molecule has 20 heavy (non-hydrogen) atoms. The van der Waals surface area contributed by atoms with E-state index >= 15 is 0 Å². The summed E-state index contributed by atoms with van der Waals surface area (Å²) in [5, 5.41) is 6.26. The molecule has 0 aliphatic rings. The lowest BCUT2D eigenvalue weighted by atomic mass is 10.0. The molecule has 108 valence electrons. The number of hydrogen-bond donors (Lipinski definition) is 1. The van der Waals surface area contributed by atoms with Gasteiger partial charge < -0.3 is 10.2 Å². The van der Waals surface area contributed by atoms with Crippen molar-refractivity contribution >= 4 is 10.8 Å². The summed E-state index contributed by atoms with van der Waals surface area (Å²) in [6.07, 6.45) is 0. The third-order valence-electron chi connectivity index (χ3n) is 3.96. The van der Waals surface area contributed by atoms with E-state index in [4.69, 9.17) is 0 Å². The van der Waals surface area contributed by atoms with Crippen molar-refractivity contribution in [3.8, 4) is 0 Å². The molecule has 0 heterocycles. The van der Waals surface area contributed by atoms with E-state index in [1.165, 1.54) is 16.3 Å². The van der Waals surface area contributed by atoms with Gasteiger partial charge in [-0.05, 0) is 42.0 Å². The van der Waals surface area contributed by atoms with E-state index in [9.17, 15) is 0 Å². The zero-order valence-corrected chi connectivity index (χ0v) is 12.9. The maximum Gasteiger partial charge on any atom is 0.0449 e. The lowest BCUT2D eigenvalue weighted by Gasteiger charge is -2.26. The van der Waals surface area contributed by atoms with Crippen LogP contribution in [0.25, 0.3) is 10.8 Å². The first-order chi connectivity index (χ1) is 9.78. The maximum atomic E-state index is 3.62. The summed E-state index contributed by atoms with van der Waals surface area (Å²) in [6, 6.07) is 15.8. The van der Waals surface area contributed by atoms with E-state index in [-0.39, 0.29) is 0 Å². The molecule has 0 aromatic heterocycles. The summed E-state index contributed by atoms with van der Waals surface area (Å²) < 4.78 is 0. The highest BCUT2D eigenvalue weighted by atomic mass is 15.1.